The molecular weight excluding hydrogens is 360 g/mol. The second-order valence-electron chi connectivity index (χ2n) is 12.9. The van der Waals surface area contributed by atoms with Crippen LogP contribution in [-0.2, 0) is 21.7 Å². The average Bonchev–Trinajstić information content (AvgIpc) is 3.15. The Bertz CT molecular complexity index is 993. The lowest BCUT2D eigenvalue weighted by atomic mass is 9.50. The largest absolute Gasteiger partial charge is 0.0616 e. The molecule has 3 aliphatic carbocycles. The van der Waals surface area contributed by atoms with E-state index in [1.165, 1.54) is 47.9 Å². The number of rotatable bonds is 0. The van der Waals surface area contributed by atoms with Crippen LogP contribution in [0.25, 0.3) is 11.1 Å². The van der Waals surface area contributed by atoms with Crippen molar-refractivity contribution in [1.29, 1.82) is 0 Å². The van der Waals surface area contributed by atoms with Crippen molar-refractivity contribution in [2.75, 3.05) is 0 Å². The Labute approximate surface area is 184 Å². The van der Waals surface area contributed by atoms with Gasteiger partial charge in [0.1, 0.15) is 0 Å². The minimum atomic E-state index is 0.189. The smallest absolute Gasteiger partial charge is 0.0107 e. The zero-order valence-corrected chi connectivity index (χ0v) is 20.4. The number of hydrogen-bond acceptors (Lipinski definition) is 0. The normalized spacial score (nSPS) is 32.4. The third-order valence-corrected chi connectivity index (χ3v) is 9.38. The molecule has 0 nitrogen and oxygen atoms in total. The van der Waals surface area contributed by atoms with Crippen molar-refractivity contribution in [2.24, 2.45) is 11.8 Å². The highest BCUT2D eigenvalue weighted by molar-refractivity contribution is 5.80. The molecule has 3 aliphatic rings. The maximum Gasteiger partial charge on any atom is 0.0107 e. The fourth-order valence-corrected chi connectivity index (χ4v) is 7.86. The molecule has 0 spiro atoms. The van der Waals surface area contributed by atoms with Crippen LogP contribution >= 0.6 is 0 Å². The first-order valence-corrected chi connectivity index (χ1v) is 12.2. The third-order valence-electron chi connectivity index (χ3n) is 9.38. The summed E-state index contributed by atoms with van der Waals surface area (Å²) in [5, 5.41) is 0. The molecule has 2 aromatic carbocycles. The highest BCUT2D eigenvalue weighted by Crippen LogP contribution is 2.73. The van der Waals surface area contributed by atoms with Crippen LogP contribution in [0.2, 0.25) is 0 Å². The first-order valence-electron chi connectivity index (χ1n) is 12.2. The third kappa shape index (κ3) is 2.34. The van der Waals surface area contributed by atoms with Gasteiger partial charge in [0.2, 0.25) is 0 Å². The Balaban J connectivity index is 1.89. The van der Waals surface area contributed by atoms with E-state index in [0.29, 0.717) is 10.8 Å². The van der Waals surface area contributed by atoms with Gasteiger partial charge in [0.05, 0.1) is 0 Å². The predicted molar refractivity (Wildman–Crippen MR) is 129 cm³/mol. The summed E-state index contributed by atoms with van der Waals surface area (Å²) in [6.07, 6.45) is 5.45. The minimum Gasteiger partial charge on any atom is -0.0616 e. The van der Waals surface area contributed by atoms with Crippen molar-refractivity contribution < 1.29 is 0 Å². The van der Waals surface area contributed by atoms with Gasteiger partial charge in [-0.25, -0.2) is 0 Å². The Morgan fingerprint density at radius 3 is 1.57 bits per heavy atom. The lowest BCUT2D eigenvalue weighted by Gasteiger charge is -2.52. The van der Waals surface area contributed by atoms with E-state index in [1.807, 2.05) is 0 Å². The summed E-state index contributed by atoms with van der Waals surface area (Å²) in [6, 6.07) is 15.0. The molecule has 30 heavy (non-hydrogen) atoms. The number of hydrogen-bond donors (Lipinski definition) is 0. The van der Waals surface area contributed by atoms with Crippen LogP contribution in [0.4, 0.5) is 0 Å². The van der Waals surface area contributed by atoms with E-state index in [0.717, 1.165) is 11.8 Å². The summed E-state index contributed by atoms with van der Waals surface area (Å²) in [5.74, 6) is 1.49. The van der Waals surface area contributed by atoms with Crippen LogP contribution < -0.4 is 0 Å². The Kier molecular flexibility index (Phi) is 4.08. The molecule has 0 aromatic heterocycles. The molecule has 0 amide bonds. The molecule has 3 unspecified atom stereocenters. The van der Waals surface area contributed by atoms with Gasteiger partial charge in [-0.15, -0.1) is 0 Å². The van der Waals surface area contributed by atoms with Gasteiger partial charge in [-0.05, 0) is 81.7 Å². The maximum atomic E-state index is 2.63. The van der Waals surface area contributed by atoms with Crippen molar-refractivity contribution in [1.82, 2.24) is 0 Å². The molecule has 4 atom stereocenters. The van der Waals surface area contributed by atoms with Crippen molar-refractivity contribution in [3.05, 3.63) is 58.7 Å². The second-order valence-corrected chi connectivity index (χ2v) is 12.9. The van der Waals surface area contributed by atoms with Crippen LogP contribution in [0.5, 0.6) is 0 Å². The highest BCUT2D eigenvalue weighted by Gasteiger charge is 2.68. The Morgan fingerprint density at radius 2 is 1.10 bits per heavy atom. The quantitative estimate of drug-likeness (QED) is 0.417. The van der Waals surface area contributed by atoms with Crippen molar-refractivity contribution in [2.45, 2.75) is 103 Å². The van der Waals surface area contributed by atoms with E-state index in [2.05, 4.69) is 91.8 Å². The summed E-state index contributed by atoms with van der Waals surface area (Å²) in [7, 11) is 0. The molecule has 160 valence electrons. The molecule has 0 N–H and O–H groups in total. The summed E-state index contributed by atoms with van der Waals surface area (Å²) < 4.78 is 0. The van der Waals surface area contributed by atoms with Gasteiger partial charge in [-0.3, -0.25) is 0 Å². The molecule has 0 saturated heterocycles. The van der Waals surface area contributed by atoms with Crippen LogP contribution in [0.15, 0.2) is 36.4 Å². The Hall–Kier alpha value is -1.56. The monoisotopic (exact) mass is 400 g/mol. The molecule has 5 rings (SSSR count). The van der Waals surface area contributed by atoms with Crippen LogP contribution in [-0.4, -0.2) is 0 Å². The lowest BCUT2D eigenvalue weighted by molar-refractivity contribution is 0.193. The van der Waals surface area contributed by atoms with Gasteiger partial charge in [0.15, 0.2) is 0 Å². The predicted octanol–water partition coefficient (Wildman–Crippen LogP) is 8.30. The molecule has 0 bridgehead atoms. The van der Waals surface area contributed by atoms with Gasteiger partial charge in [0.25, 0.3) is 0 Å². The van der Waals surface area contributed by atoms with Crippen LogP contribution in [0, 0.1) is 11.8 Å². The number of fused-ring (bicyclic) bond motifs is 3. The SMILES string of the molecule is CC1CCC23CC[C@@H](C)C12c1cc(C(C)(C)C)ccc1-c1ccc(C(C)(C)C)cc13. The minimum absolute atomic E-state index is 0.189. The Morgan fingerprint density at radius 1 is 0.667 bits per heavy atom. The zero-order chi connectivity index (χ0) is 21.7. The maximum absolute atomic E-state index is 2.63. The topological polar surface area (TPSA) is 0 Å². The fourth-order valence-electron chi connectivity index (χ4n) is 7.86. The van der Waals surface area contributed by atoms with Crippen LogP contribution in [0.1, 0.15) is 103 Å². The van der Waals surface area contributed by atoms with Crippen molar-refractivity contribution in [3.63, 3.8) is 0 Å². The molecular formula is C30H40. The number of benzene rings is 2. The molecule has 0 radical (unpaired) electrons. The van der Waals surface area contributed by atoms with E-state index in [9.17, 15) is 0 Å². The van der Waals surface area contributed by atoms with Gasteiger partial charge in [0, 0.05) is 10.8 Å². The molecule has 0 aliphatic heterocycles. The zero-order valence-electron chi connectivity index (χ0n) is 20.4. The lowest BCUT2D eigenvalue weighted by Crippen LogP contribution is -2.50. The fraction of sp³-hybridized carbons (Fsp3) is 0.600. The molecule has 0 heteroatoms. The van der Waals surface area contributed by atoms with Gasteiger partial charge >= 0.3 is 0 Å². The summed E-state index contributed by atoms with van der Waals surface area (Å²) in [4.78, 5) is 0. The van der Waals surface area contributed by atoms with E-state index < -0.39 is 0 Å². The van der Waals surface area contributed by atoms with Crippen molar-refractivity contribution >= 4 is 0 Å². The van der Waals surface area contributed by atoms with Crippen LogP contribution in [0.3, 0.4) is 0 Å². The first-order chi connectivity index (χ1) is 13.9. The highest BCUT2D eigenvalue weighted by atomic mass is 14.7. The first kappa shape index (κ1) is 20.3. The molecule has 2 saturated carbocycles. The average molecular weight is 401 g/mol. The van der Waals surface area contributed by atoms with E-state index in [4.69, 9.17) is 0 Å². The summed E-state index contributed by atoms with van der Waals surface area (Å²) >= 11 is 0. The summed E-state index contributed by atoms with van der Waals surface area (Å²) in [6.45, 7) is 19.3. The van der Waals surface area contributed by atoms with Gasteiger partial charge < -0.3 is 0 Å². The molecule has 2 fully saturated rings. The molecule has 2 aromatic rings. The van der Waals surface area contributed by atoms with Crippen molar-refractivity contribution in [3.8, 4) is 11.1 Å². The van der Waals surface area contributed by atoms with Gasteiger partial charge in [-0.2, -0.15) is 0 Å². The standard InChI is InChI=1S/C30H40/c1-19-13-15-29-16-14-20(2)30(19,29)26-18-22(28(6,7)8)10-12-24(26)23-11-9-21(17-25(23)29)27(3,4)5/h9-12,17-20H,13-16H2,1-8H3/t19-,20?,29?,30?/m1/s1. The second kappa shape index (κ2) is 6.02. The van der Waals surface area contributed by atoms with E-state index in [1.54, 1.807) is 11.1 Å². The summed E-state index contributed by atoms with van der Waals surface area (Å²) in [5.41, 5.74) is 10.4. The van der Waals surface area contributed by atoms with E-state index in [-0.39, 0.29) is 10.8 Å². The van der Waals surface area contributed by atoms with Gasteiger partial charge in [-0.1, -0.05) is 91.8 Å². The molecule has 0 heterocycles. The van der Waals surface area contributed by atoms with E-state index >= 15 is 0 Å².